The number of fused-ring (bicyclic) bond motifs is 5. The van der Waals surface area contributed by atoms with Crippen LogP contribution in [0.1, 0.15) is 0 Å². The predicted octanol–water partition coefficient (Wildman–Crippen LogP) is 11.8. The fourth-order valence-electron chi connectivity index (χ4n) is 7.29. The van der Waals surface area contributed by atoms with E-state index in [1.54, 1.807) is 0 Å². The molecule has 4 heterocycles. The summed E-state index contributed by atoms with van der Waals surface area (Å²) in [4.78, 5) is 20.8. The molecule has 0 N–H and O–H groups in total. The molecular weight excluding hydrogens is 647 g/mol. The van der Waals surface area contributed by atoms with Gasteiger partial charge in [-0.25, -0.2) is 19.9 Å². The van der Waals surface area contributed by atoms with E-state index < -0.39 is 0 Å². The van der Waals surface area contributed by atoms with E-state index >= 15 is 0 Å². The summed E-state index contributed by atoms with van der Waals surface area (Å²) >= 11 is 0. The molecule has 0 bridgehead atoms. The number of rotatable bonds is 6. The fraction of sp³-hybridized carbons (Fsp3) is 0. The van der Waals surface area contributed by atoms with Crippen LogP contribution in [0.2, 0.25) is 0 Å². The molecule has 53 heavy (non-hydrogen) atoms. The fourth-order valence-corrected chi connectivity index (χ4v) is 7.29. The van der Waals surface area contributed by atoms with Crippen LogP contribution in [0.15, 0.2) is 188 Å². The van der Waals surface area contributed by atoms with Crippen molar-refractivity contribution in [2.75, 3.05) is 0 Å². The summed E-state index contributed by atoms with van der Waals surface area (Å²) in [6.45, 7) is 0. The molecule has 4 aromatic heterocycles. The van der Waals surface area contributed by atoms with E-state index in [1.165, 1.54) is 0 Å². The number of hydrogen-bond donors (Lipinski definition) is 0. The van der Waals surface area contributed by atoms with Crippen molar-refractivity contribution in [1.82, 2.24) is 24.3 Å². The Labute approximate surface area is 306 Å². The second kappa shape index (κ2) is 12.8. The minimum Gasteiger partial charge on any atom is -0.298 e. The molecule has 5 nitrogen and oxygen atoms in total. The molecule has 0 aliphatic rings. The number of benzene rings is 6. The Hall–Kier alpha value is -7.24. The lowest BCUT2D eigenvalue weighted by Crippen LogP contribution is -1.96. The Balaban J connectivity index is 1.18. The van der Waals surface area contributed by atoms with Gasteiger partial charge in [-0.3, -0.25) is 4.40 Å². The van der Waals surface area contributed by atoms with Crippen molar-refractivity contribution in [3.05, 3.63) is 188 Å². The Bertz CT molecular complexity index is 2850. The number of hydrogen-bond acceptors (Lipinski definition) is 4. The zero-order chi connectivity index (χ0) is 35.1. The lowest BCUT2D eigenvalue weighted by molar-refractivity contribution is 1.18. The quantitative estimate of drug-likeness (QED) is 0.164. The summed E-state index contributed by atoms with van der Waals surface area (Å²) in [6, 6.07) is 62.6. The van der Waals surface area contributed by atoms with Gasteiger partial charge in [0.25, 0.3) is 0 Å². The van der Waals surface area contributed by atoms with Crippen LogP contribution in [0.25, 0.3) is 95.0 Å². The molecule has 248 valence electrons. The van der Waals surface area contributed by atoms with Crippen molar-refractivity contribution < 1.29 is 0 Å². The number of nitrogens with zero attached hydrogens (tertiary/aromatic N) is 5. The highest BCUT2D eigenvalue weighted by atomic mass is 15.0. The molecule has 10 rings (SSSR count). The Kier molecular flexibility index (Phi) is 7.40. The molecule has 0 fully saturated rings. The molecule has 6 aromatic carbocycles. The first-order valence-electron chi connectivity index (χ1n) is 17.7. The molecule has 0 spiro atoms. The molecule has 0 aliphatic carbocycles. The molecule has 0 atom stereocenters. The third-order valence-electron chi connectivity index (χ3n) is 9.83. The lowest BCUT2D eigenvalue weighted by atomic mass is 10.0. The van der Waals surface area contributed by atoms with Crippen molar-refractivity contribution in [3.63, 3.8) is 0 Å². The standard InChI is InChI=1S/C48H31N5/c1-5-15-32(16-6-1)41-31-42(33-17-7-2-8-18-33)51-47(50-41)37-27-25-36(26-28-37)46-45(35-21-11-4-12-22-35)52-48-43-38-23-13-14-24-40(38)49-44(34-19-9-3-10-20-34)39(43)29-30-53(46)48/h1-31H. The van der Waals surface area contributed by atoms with Crippen molar-refractivity contribution in [1.29, 1.82) is 0 Å². The Morgan fingerprint density at radius 2 is 0.868 bits per heavy atom. The molecule has 0 saturated carbocycles. The third kappa shape index (κ3) is 5.43. The highest BCUT2D eigenvalue weighted by Gasteiger charge is 2.21. The van der Waals surface area contributed by atoms with E-state index in [0.29, 0.717) is 5.82 Å². The van der Waals surface area contributed by atoms with Crippen LogP contribution >= 0.6 is 0 Å². The molecule has 0 amide bonds. The van der Waals surface area contributed by atoms with Gasteiger partial charge in [-0.2, -0.15) is 0 Å². The van der Waals surface area contributed by atoms with Gasteiger partial charge < -0.3 is 0 Å². The van der Waals surface area contributed by atoms with Crippen molar-refractivity contribution >= 4 is 27.3 Å². The summed E-state index contributed by atoms with van der Waals surface area (Å²) in [6.07, 6.45) is 2.14. The number of aromatic nitrogens is 5. The van der Waals surface area contributed by atoms with Crippen LogP contribution < -0.4 is 0 Å². The van der Waals surface area contributed by atoms with E-state index in [9.17, 15) is 0 Å². The molecular formula is C48H31N5. The average Bonchev–Trinajstić information content (AvgIpc) is 3.64. The van der Waals surface area contributed by atoms with Gasteiger partial charge in [-0.05, 0) is 18.2 Å². The van der Waals surface area contributed by atoms with Gasteiger partial charge in [0.05, 0.1) is 34.0 Å². The molecule has 0 saturated heterocycles. The Morgan fingerprint density at radius 3 is 1.47 bits per heavy atom. The number of imidazole rings is 1. The summed E-state index contributed by atoms with van der Waals surface area (Å²) in [5, 5.41) is 3.22. The summed E-state index contributed by atoms with van der Waals surface area (Å²) in [5.74, 6) is 0.677. The van der Waals surface area contributed by atoms with Crippen LogP contribution in [0, 0.1) is 0 Å². The summed E-state index contributed by atoms with van der Waals surface area (Å²) < 4.78 is 2.24. The van der Waals surface area contributed by atoms with Crippen LogP contribution in [0.3, 0.4) is 0 Å². The smallest absolute Gasteiger partial charge is 0.160 e. The van der Waals surface area contributed by atoms with Crippen molar-refractivity contribution in [2.24, 2.45) is 0 Å². The monoisotopic (exact) mass is 677 g/mol. The van der Waals surface area contributed by atoms with Gasteiger partial charge >= 0.3 is 0 Å². The summed E-state index contributed by atoms with van der Waals surface area (Å²) in [5.41, 5.74) is 12.7. The number of pyridine rings is 2. The topological polar surface area (TPSA) is 56.0 Å². The van der Waals surface area contributed by atoms with Crippen molar-refractivity contribution in [3.8, 4) is 67.7 Å². The van der Waals surface area contributed by atoms with Crippen LogP contribution in [-0.2, 0) is 0 Å². The first-order chi connectivity index (χ1) is 26.3. The molecule has 0 radical (unpaired) electrons. The van der Waals surface area contributed by atoms with E-state index in [4.69, 9.17) is 19.9 Å². The second-order valence-electron chi connectivity index (χ2n) is 13.1. The van der Waals surface area contributed by atoms with Gasteiger partial charge in [0, 0.05) is 55.7 Å². The summed E-state index contributed by atoms with van der Waals surface area (Å²) in [7, 11) is 0. The molecule has 0 aliphatic heterocycles. The van der Waals surface area contributed by atoms with Gasteiger partial charge in [-0.15, -0.1) is 0 Å². The van der Waals surface area contributed by atoms with Gasteiger partial charge in [0.1, 0.15) is 5.65 Å². The van der Waals surface area contributed by atoms with E-state index in [1.807, 2.05) is 54.6 Å². The predicted molar refractivity (Wildman–Crippen MR) is 216 cm³/mol. The maximum Gasteiger partial charge on any atom is 0.160 e. The maximum absolute atomic E-state index is 5.45. The maximum atomic E-state index is 5.45. The third-order valence-corrected chi connectivity index (χ3v) is 9.83. The normalized spacial score (nSPS) is 11.4. The first-order valence-corrected chi connectivity index (χ1v) is 17.7. The number of para-hydroxylation sites is 1. The minimum atomic E-state index is 0.677. The highest BCUT2D eigenvalue weighted by Crippen LogP contribution is 2.40. The minimum absolute atomic E-state index is 0.677. The first kappa shape index (κ1) is 30.6. The lowest BCUT2D eigenvalue weighted by Gasteiger charge is -2.12. The SMILES string of the molecule is c1ccc(-c2cc(-c3ccccc3)nc(-c3ccc(-c4c(-c5ccccc5)nc5c6c(ccn45)c(-c4ccccc4)nc4ccccc46)cc3)n2)cc1. The Morgan fingerprint density at radius 1 is 0.358 bits per heavy atom. The van der Waals surface area contributed by atoms with Crippen molar-refractivity contribution in [2.45, 2.75) is 0 Å². The van der Waals surface area contributed by atoms with Crippen LogP contribution in [0.5, 0.6) is 0 Å². The molecule has 10 aromatic rings. The van der Waals surface area contributed by atoms with Gasteiger partial charge in [0.2, 0.25) is 0 Å². The average molecular weight is 678 g/mol. The van der Waals surface area contributed by atoms with Gasteiger partial charge in [0.15, 0.2) is 5.82 Å². The van der Waals surface area contributed by atoms with Gasteiger partial charge in [-0.1, -0.05) is 164 Å². The van der Waals surface area contributed by atoms with E-state index in [0.717, 1.165) is 89.2 Å². The zero-order valence-electron chi connectivity index (χ0n) is 28.6. The molecule has 0 unspecified atom stereocenters. The highest BCUT2D eigenvalue weighted by molar-refractivity contribution is 6.17. The van der Waals surface area contributed by atoms with Crippen LogP contribution in [-0.4, -0.2) is 24.3 Å². The molecule has 5 heteroatoms. The zero-order valence-corrected chi connectivity index (χ0v) is 28.6. The van der Waals surface area contributed by atoms with Crippen LogP contribution in [0.4, 0.5) is 0 Å². The van der Waals surface area contributed by atoms with E-state index in [-0.39, 0.29) is 0 Å². The largest absolute Gasteiger partial charge is 0.298 e. The van der Waals surface area contributed by atoms with E-state index in [2.05, 4.69) is 138 Å². The second-order valence-corrected chi connectivity index (χ2v) is 13.1.